The number of phenolic OH excluding ortho intramolecular Hbond substituents is 1. The van der Waals surface area contributed by atoms with Crippen LogP contribution in [0.15, 0.2) is 59.7 Å². The van der Waals surface area contributed by atoms with Gasteiger partial charge in [0.25, 0.3) is 5.91 Å². The van der Waals surface area contributed by atoms with Gasteiger partial charge in [-0.2, -0.15) is 5.10 Å². The van der Waals surface area contributed by atoms with Gasteiger partial charge in [-0.3, -0.25) is 4.79 Å². The number of amides is 1. The van der Waals surface area contributed by atoms with E-state index in [0.717, 1.165) is 17.1 Å². The van der Waals surface area contributed by atoms with Crippen molar-refractivity contribution in [1.82, 2.24) is 9.99 Å². The molecule has 6 heteroatoms. The van der Waals surface area contributed by atoms with E-state index < -0.39 is 5.82 Å². The zero-order chi connectivity index (χ0) is 20.3. The van der Waals surface area contributed by atoms with Crippen LogP contribution in [0, 0.1) is 19.7 Å². The Hall–Kier alpha value is -3.41. The second-order valence-corrected chi connectivity index (χ2v) is 6.47. The Bertz CT molecular complexity index is 1040. The number of hydrogen-bond acceptors (Lipinski definition) is 3. The van der Waals surface area contributed by atoms with E-state index in [1.807, 2.05) is 55.7 Å². The van der Waals surface area contributed by atoms with E-state index in [1.165, 1.54) is 18.2 Å². The number of halogens is 1. The van der Waals surface area contributed by atoms with Crippen LogP contribution in [0.1, 0.15) is 40.7 Å². The Labute approximate surface area is 163 Å². The molecule has 0 fully saturated rings. The number of aromatic nitrogens is 1. The van der Waals surface area contributed by atoms with Crippen molar-refractivity contribution in [2.75, 3.05) is 0 Å². The number of benzene rings is 2. The highest BCUT2D eigenvalue weighted by Crippen LogP contribution is 2.22. The van der Waals surface area contributed by atoms with Gasteiger partial charge in [0.15, 0.2) is 0 Å². The summed E-state index contributed by atoms with van der Waals surface area (Å²) >= 11 is 0. The third-order valence-electron chi connectivity index (χ3n) is 4.59. The highest BCUT2D eigenvalue weighted by Gasteiger charge is 2.17. The van der Waals surface area contributed by atoms with Gasteiger partial charge in [0, 0.05) is 22.6 Å². The van der Waals surface area contributed by atoms with Gasteiger partial charge in [0.2, 0.25) is 0 Å². The number of rotatable bonds is 5. The first-order chi connectivity index (χ1) is 13.4. The summed E-state index contributed by atoms with van der Waals surface area (Å²) in [5, 5.41) is 14.1. The van der Waals surface area contributed by atoms with Gasteiger partial charge < -0.3 is 9.67 Å². The summed E-state index contributed by atoms with van der Waals surface area (Å²) in [4.78, 5) is 12.7. The minimum Gasteiger partial charge on any atom is -0.507 e. The summed E-state index contributed by atoms with van der Waals surface area (Å²) in [7, 11) is 0. The van der Waals surface area contributed by atoms with Crippen molar-refractivity contribution >= 4 is 11.6 Å². The van der Waals surface area contributed by atoms with Crippen molar-refractivity contribution in [2.45, 2.75) is 27.2 Å². The molecule has 0 aliphatic rings. The fourth-order valence-corrected chi connectivity index (χ4v) is 3.21. The molecule has 144 valence electrons. The maximum atomic E-state index is 13.5. The SMILES string of the molecule is CC/C(=N\NC(=O)c1cc(C)n(-c2ccccc2)c1C)c1cc(F)ccc1O. The standard InChI is InChI=1S/C22H22FN3O2/c1-4-20(19-13-16(23)10-11-21(19)27)24-25-22(28)18-12-14(2)26(15(18)3)17-8-6-5-7-9-17/h5-13,27H,4H2,1-3H3,(H,25,28)/b24-20+. The smallest absolute Gasteiger partial charge is 0.273 e. The minimum atomic E-state index is -0.480. The molecule has 5 nitrogen and oxygen atoms in total. The normalized spacial score (nSPS) is 11.5. The first kappa shape index (κ1) is 19.4. The van der Waals surface area contributed by atoms with E-state index in [2.05, 4.69) is 10.5 Å². The molecule has 0 spiro atoms. The van der Waals surface area contributed by atoms with Gasteiger partial charge in [0.1, 0.15) is 11.6 Å². The number of nitrogens with zero attached hydrogens (tertiary/aromatic N) is 2. The minimum absolute atomic E-state index is 0.0847. The van der Waals surface area contributed by atoms with Crippen LogP contribution in [-0.4, -0.2) is 21.3 Å². The second-order valence-electron chi connectivity index (χ2n) is 6.47. The van der Waals surface area contributed by atoms with Gasteiger partial charge in [-0.25, -0.2) is 9.82 Å². The number of phenols is 1. The van der Waals surface area contributed by atoms with Crippen LogP contribution >= 0.6 is 0 Å². The maximum Gasteiger partial charge on any atom is 0.273 e. The number of nitrogens with one attached hydrogen (secondary N) is 1. The van der Waals surface area contributed by atoms with Gasteiger partial charge in [0.05, 0.1) is 11.3 Å². The lowest BCUT2D eigenvalue weighted by Crippen LogP contribution is -2.20. The van der Waals surface area contributed by atoms with Gasteiger partial charge in [-0.05, 0) is 56.7 Å². The molecule has 0 atom stereocenters. The van der Waals surface area contributed by atoms with E-state index in [1.54, 1.807) is 6.07 Å². The van der Waals surface area contributed by atoms with Crippen LogP contribution in [0.25, 0.3) is 5.69 Å². The van der Waals surface area contributed by atoms with Crippen LogP contribution in [0.3, 0.4) is 0 Å². The van der Waals surface area contributed by atoms with Crippen LogP contribution in [-0.2, 0) is 0 Å². The number of aromatic hydroxyl groups is 1. The molecule has 0 bridgehead atoms. The van der Waals surface area contributed by atoms with Crippen LogP contribution < -0.4 is 5.43 Å². The van der Waals surface area contributed by atoms with Gasteiger partial charge >= 0.3 is 0 Å². The average molecular weight is 379 g/mol. The fraction of sp³-hybridized carbons (Fsp3) is 0.182. The largest absolute Gasteiger partial charge is 0.507 e. The quantitative estimate of drug-likeness (QED) is 0.507. The third-order valence-corrected chi connectivity index (χ3v) is 4.59. The number of hydrogen-bond donors (Lipinski definition) is 2. The predicted octanol–water partition coefficient (Wildman–Crippen LogP) is 4.48. The second kappa shape index (κ2) is 8.08. The lowest BCUT2D eigenvalue weighted by molar-refractivity contribution is 0.0954. The molecule has 0 aliphatic carbocycles. The van der Waals surface area contributed by atoms with Crippen LogP contribution in [0.5, 0.6) is 5.75 Å². The number of carbonyl (C=O) groups excluding carboxylic acids is 1. The van der Waals surface area contributed by atoms with Crippen molar-refractivity contribution in [2.24, 2.45) is 5.10 Å². The van der Waals surface area contributed by atoms with Crippen LogP contribution in [0.4, 0.5) is 4.39 Å². The van der Waals surface area contributed by atoms with Crippen molar-refractivity contribution in [1.29, 1.82) is 0 Å². The van der Waals surface area contributed by atoms with Crippen molar-refractivity contribution < 1.29 is 14.3 Å². The summed E-state index contributed by atoms with van der Waals surface area (Å²) < 4.78 is 15.5. The molecule has 0 saturated carbocycles. The monoisotopic (exact) mass is 379 g/mol. The molecule has 1 aromatic heterocycles. The zero-order valence-corrected chi connectivity index (χ0v) is 16.0. The highest BCUT2D eigenvalue weighted by atomic mass is 19.1. The fourth-order valence-electron chi connectivity index (χ4n) is 3.21. The molecule has 1 heterocycles. The van der Waals surface area contributed by atoms with Crippen molar-refractivity contribution in [3.05, 3.63) is 82.9 Å². The number of para-hydroxylation sites is 1. The van der Waals surface area contributed by atoms with E-state index >= 15 is 0 Å². The Kier molecular flexibility index (Phi) is 5.59. The van der Waals surface area contributed by atoms with E-state index in [-0.39, 0.29) is 17.2 Å². The summed E-state index contributed by atoms with van der Waals surface area (Å²) in [6.45, 7) is 5.62. The summed E-state index contributed by atoms with van der Waals surface area (Å²) in [5.74, 6) is -0.928. The predicted molar refractivity (Wildman–Crippen MR) is 108 cm³/mol. The third kappa shape index (κ3) is 3.81. The molecular formula is C22H22FN3O2. The van der Waals surface area contributed by atoms with Crippen molar-refractivity contribution in [3.63, 3.8) is 0 Å². The average Bonchev–Trinajstić information content (AvgIpc) is 2.99. The van der Waals surface area contributed by atoms with Gasteiger partial charge in [-0.1, -0.05) is 25.1 Å². The lowest BCUT2D eigenvalue weighted by Gasteiger charge is -2.10. The molecule has 0 unspecified atom stereocenters. The van der Waals surface area contributed by atoms with E-state index in [0.29, 0.717) is 17.7 Å². The van der Waals surface area contributed by atoms with Gasteiger partial charge in [-0.15, -0.1) is 0 Å². The molecule has 0 aliphatic heterocycles. The van der Waals surface area contributed by atoms with E-state index in [9.17, 15) is 14.3 Å². The number of aryl methyl sites for hydroxylation is 1. The van der Waals surface area contributed by atoms with Crippen molar-refractivity contribution in [3.8, 4) is 11.4 Å². The number of carbonyl (C=O) groups is 1. The Balaban J connectivity index is 1.89. The first-order valence-electron chi connectivity index (χ1n) is 9.02. The molecule has 2 aromatic carbocycles. The Morgan fingerprint density at radius 1 is 1.11 bits per heavy atom. The molecule has 3 rings (SSSR count). The molecule has 1 amide bonds. The van der Waals surface area contributed by atoms with E-state index in [4.69, 9.17) is 0 Å². The topological polar surface area (TPSA) is 66.6 Å². The summed E-state index contributed by atoms with van der Waals surface area (Å²) in [6.07, 6.45) is 0.417. The summed E-state index contributed by atoms with van der Waals surface area (Å²) in [6, 6.07) is 15.2. The molecule has 28 heavy (non-hydrogen) atoms. The molecule has 0 saturated heterocycles. The van der Waals surface area contributed by atoms with Crippen LogP contribution in [0.2, 0.25) is 0 Å². The highest BCUT2D eigenvalue weighted by molar-refractivity contribution is 6.04. The Morgan fingerprint density at radius 3 is 2.50 bits per heavy atom. The zero-order valence-electron chi connectivity index (χ0n) is 16.0. The molecule has 3 aromatic rings. The first-order valence-corrected chi connectivity index (χ1v) is 9.02. The summed E-state index contributed by atoms with van der Waals surface area (Å²) in [5.41, 5.74) is 6.38. The Morgan fingerprint density at radius 2 is 1.82 bits per heavy atom. The molecule has 0 radical (unpaired) electrons. The molecular weight excluding hydrogens is 357 g/mol. The lowest BCUT2D eigenvalue weighted by atomic mass is 10.1. The molecule has 2 N–H and O–H groups in total. The number of hydrazone groups is 1. The maximum absolute atomic E-state index is 13.5.